The molecule has 18 heavy (non-hydrogen) atoms. The Morgan fingerprint density at radius 3 is 1.83 bits per heavy atom. The zero-order valence-electron chi connectivity index (χ0n) is 10.9. The number of aliphatic hydroxyl groups is 2. The van der Waals surface area contributed by atoms with Crippen LogP contribution in [0.5, 0.6) is 0 Å². The molecule has 0 heterocycles. The molecule has 0 spiro atoms. The van der Waals surface area contributed by atoms with Crippen LogP contribution in [0.25, 0.3) is 0 Å². The van der Waals surface area contributed by atoms with E-state index in [-0.39, 0.29) is 26.4 Å². The molecule has 4 N–H and O–H groups in total. The van der Waals surface area contributed by atoms with E-state index in [4.69, 9.17) is 20.1 Å². The Kier molecular flexibility index (Phi) is 13.0. The molecular weight excluding hydrogens is 242 g/mol. The number of methoxy groups -OCH3 is 1. The van der Waals surface area contributed by atoms with Gasteiger partial charge in [0.2, 0.25) is 0 Å². The molecule has 0 aliphatic heterocycles. The first-order chi connectivity index (χ1) is 8.70. The van der Waals surface area contributed by atoms with Gasteiger partial charge in [-0.15, -0.1) is 0 Å². The second-order valence-electron chi connectivity index (χ2n) is 3.95. The number of unbranched alkanes of at least 4 members (excludes halogenated alkanes) is 1. The lowest BCUT2D eigenvalue weighted by Gasteiger charge is -2.11. The maximum atomic E-state index is 9.28. The minimum Gasteiger partial charge on any atom is -0.388 e. The maximum absolute atomic E-state index is 9.28. The molecule has 0 radical (unpaired) electrons. The Bertz CT molecular complexity index is 154. The lowest BCUT2D eigenvalue weighted by atomic mass is 10.3. The molecule has 0 aromatic heterocycles. The molecule has 0 bridgehead atoms. The molecule has 0 fully saturated rings. The van der Waals surface area contributed by atoms with Crippen LogP contribution in [0.3, 0.4) is 0 Å². The summed E-state index contributed by atoms with van der Waals surface area (Å²) in [4.78, 5) is 4.27. The smallest absolute Gasteiger partial charge is 0.103 e. The molecule has 0 amide bonds. The van der Waals surface area contributed by atoms with Gasteiger partial charge in [0.05, 0.1) is 26.4 Å². The van der Waals surface area contributed by atoms with Gasteiger partial charge in [-0.2, -0.15) is 0 Å². The minimum absolute atomic E-state index is 0.0699. The summed E-state index contributed by atoms with van der Waals surface area (Å²) in [6.07, 6.45) is 0.410. The molecule has 110 valence electrons. The summed E-state index contributed by atoms with van der Waals surface area (Å²) in [7, 11) is 1.53. The van der Waals surface area contributed by atoms with Gasteiger partial charge in [-0.3, -0.25) is 0 Å². The Morgan fingerprint density at radius 1 is 0.889 bits per heavy atom. The summed E-state index contributed by atoms with van der Waals surface area (Å²) >= 11 is 0. The number of ether oxygens (including phenoxy) is 3. The van der Waals surface area contributed by atoms with E-state index in [0.717, 1.165) is 12.8 Å². The lowest BCUT2D eigenvalue weighted by molar-refractivity contribution is -0.0236. The third kappa shape index (κ3) is 12.2. The molecule has 2 unspecified atom stereocenters. The average Bonchev–Trinajstić information content (AvgIpc) is 2.33. The van der Waals surface area contributed by atoms with Gasteiger partial charge in [-0.1, -0.05) is 0 Å². The molecule has 2 atom stereocenters. The quantitative estimate of drug-likeness (QED) is 0.292. The first kappa shape index (κ1) is 17.7. The van der Waals surface area contributed by atoms with Gasteiger partial charge < -0.3 is 29.3 Å². The van der Waals surface area contributed by atoms with Crippen molar-refractivity contribution in [2.24, 2.45) is 5.90 Å². The van der Waals surface area contributed by atoms with Crippen LogP contribution in [0.2, 0.25) is 0 Å². The van der Waals surface area contributed by atoms with E-state index in [1.54, 1.807) is 0 Å². The van der Waals surface area contributed by atoms with Crippen LogP contribution in [-0.4, -0.2) is 69.2 Å². The Labute approximate surface area is 108 Å². The third-order valence-corrected chi connectivity index (χ3v) is 2.10. The summed E-state index contributed by atoms with van der Waals surface area (Å²) in [5, 5.41) is 18.5. The fraction of sp³-hybridized carbons (Fsp3) is 1.00. The molecule has 0 rings (SSSR count). The third-order valence-electron chi connectivity index (χ3n) is 2.10. The predicted molar refractivity (Wildman–Crippen MR) is 64.9 cm³/mol. The molecular formula is C11H25NO6. The molecule has 7 nitrogen and oxygen atoms in total. The largest absolute Gasteiger partial charge is 0.388 e. The molecule has 0 aromatic rings. The van der Waals surface area contributed by atoms with Gasteiger partial charge in [0.1, 0.15) is 12.2 Å². The maximum Gasteiger partial charge on any atom is 0.103 e. The second-order valence-corrected chi connectivity index (χ2v) is 3.95. The van der Waals surface area contributed by atoms with E-state index in [1.165, 1.54) is 7.11 Å². The minimum atomic E-state index is -0.685. The van der Waals surface area contributed by atoms with E-state index in [1.807, 2.05) is 0 Å². The van der Waals surface area contributed by atoms with Gasteiger partial charge in [-0.25, -0.2) is 5.90 Å². The highest BCUT2D eigenvalue weighted by Crippen LogP contribution is 1.95. The van der Waals surface area contributed by atoms with Crippen molar-refractivity contribution in [1.29, 1.82) is 0 Å². The van der Waals surface area contributed by atoms with Crippen molar-refractivity contribution in [3.05, 3.63) is 0 Å². The zero-order chi connectivity index (χ0) is 13.6. The van der Waals surface area contributed by atoms with E-state index < -0.39 is 12.2 Å². The number of nitrogens with two attached hydrogens (primary N) is 1. The molecule has 7 heteroatoms. The summed E-state index contributed by atoms with van der Waals surface area (Å²) in [5.74, 6) is 4.80. The van der Waals surface area contributed by atoms with Crippen molar-refractivity contribution >= 4 is 0 Å². The van der Waals surface area contributed by atoms with E-state index in [9.17, 15) is 10.2 Å². The normalized spacial score (nSPS) is 14.7. The average molecular weight is 267 g/mol. The van der Waals surface area contributed by atoms with Crippen LogP contribution in [-0.2, 0) is 19.0 Å². The van der Waals surface area contributed by atoms with Gasteiger partial charge >= 0.3 is 0 Å². The van der Waals surface area contributed by atoms with Crippen molar-refractivity contribution in [2.75, 3.05) is 46.8 Å². The summed E-state index contributed by atoms with van der Waals surface area (Å²) in [5.41, 5.74) is 0. The number of rotatable bonds is 13. The predicted octanol–water partition coefficient (Wildman–Crippen LogP) is -0.942. The highest BCUT2D eigenvalue weighted by Gasteiger charge is 2.04. The first-order valence-electron chi connectivity index (χ1n) is 6.03. The Hall–Kier alpha value is -0.280. The first-order valence-corrected chi connectivity index (χ1v) is 6.03. The van der Waals surface area contributed by atoms with Crippen molar-refractivity contribution in [3.63, 3.8) is 0 Å². The molecule has 0 saturated heterocycles. The van der Waals surface area contributed by atoms with Crippen molar-refractivity contribution in [3.8, 4) is 0 Å². The van der Waals surface area contributed by atoms with Crippen LogP contribution in [0.15, 0.2) is 0 Å². The SMILES string of the molecule is COCC(O)COCCCCOCC(O)CON. The lowest BCUT2D eigenvalue weighted by Crippen LogP contribution is -2.23. The van der Waals surface area contributed by atoms with Gasteiger partial charge in [0.15, 0.2) is 0 Å². The van der Waals surface area contributed by atoms with Gasteiger partial charge in [0.25, 0.3) is 0 Å². The summed E-state index contributed by atoms with van der Waals surface area (Å²) < 4.78 is 15.2. The van der Waals surface area contributed by atoms with Gasteiger partial charge in [-0.05, 0) is 12.8 Å². The fourth-order valence-corrected chi connectivity index (χ4v) is 1.25. The van der Waals surface area contributed by atoms with Gasteiger partial charge in [0, 0.05) is 20.3 Å². The topological polar surface area (TPSA) is 103 Å². The van der Waals surface area contributed by atoms with Crippen LogP contribution in [0.4, 0.5) is 0 Å². The summed E-state index contributed by atoms with van der Waals surface area (Å²) in [6, 6.07) is 0. The fourth-order valence-electron chi connectivity index (χ4n) is 1.25. The standard InChI is InChI=1S/C11H25NO6/c1-15-6-10(13)7-16-4-2-3-5-17-8-11(14)9-18-12/h10-11,13-14H,2-9,12H2,1H3. The van der Waals surface area contributed by atoms with Crippen LogP contribution >= 0.6 is 0 Å². The Morgan fingerprint density at radius 2 is 1.39 bits per heavy atom. The van der Waals surface area contributed by atoms with Crippen molar-refractivity contribution in [1.82, 2.24) is 0 Å². The van der Waals surface area contributed by atoms with Crippen LogP contribution < -0.4 is 5.90 Å². The molecule has 0 aromatic carbocycles. The van der Waals surface area contributed by atoms with E-state index in [0.29, 0.717) is 13.2 Å². The molecule has 0 aliphatic carbocycles. The summed E-state index contributed by atoms with van der Waals surface area (Å²) in [6.45, 7) is 1.96. The Balaban J connectivity index is 3.11. The number of hydrogen-bond donors (Lipinski definition) is 3. The monoisotopic (exact) mass is 267 g/mol. The second kappa shape index (κ2) is 13.2. The van der Waals surface area contributed by atoms with Crippen LogP contribution in [0.1, 0.15) is 12.8 Å². The van der Waals surface area contributed by atoms with Crippen molar-refractivity contribution < 1.29 is 29.3 Å². The van der Waals surface area contributed by atoms with Crippen LogP contribution in [0, 0.1) is 0 Å². The number of aliphatic hydroxyl groups excluding tert-OH is 2. The van der Waals surface area contributed by atoms with E-state index >= 15 is 0 Å². The zero-order valence-corrected chi connectivity index (χ0v) is 10.9. The van der Waals surface area contributed by atoms with Crippen molar-refractivity contribution in [2.45, 2.75) is 25.0 Å². The molecule has 0 aliphatic rings. The highest BCUT2D eigenvalue weighted by atomic mass is 16.6. The number of hydrogen-bond acceptors (Lipinski definition) is 7. The molecule has 0 saturated carbocycles. The van der Waals surface area contributed by atoms with E-state index in [2.05, 4.69) is 4.84 Å². The highest BCUT2D eigenvalue weighted by molar-refractivity contribution is 4.51.